The van der Waals surface area contributed by atoms with E-state index in [1.807, 2.05) is 11.8 Å². The summed E-state index contributed by atoms with van der Waals surface area (Å²) < 4.78 is 0. The summed E-state index contributed by atoms with van der Waals surface area (Å²) in [6, 6.07) is 0.660. The van der Waals surface area contributed by atoms with Gasteiger partial charge in [-0.2, -0.15) is 0 Å². The van der Waals surface area contributed by atoms with Crippen LogP contribution in [0.3, 0.4) is 0 Å². The minimum absolute atomic E-state index is 0.644. The average molecular weight is 147 g/mol. The molecule has 1 atom stereocenters. The van der Waals surface area contributed by atoms with Crippen molar-refractivity contribution in [2.24, 2.45) is 0 Å². The van der Waals surface area contributed by atoms with Gasteiger partial charge in [0.05, 0.1) is 5.37 Å². The molecule has 0 aromatic carbocycles. The van der Waals surface area contributed by atoms with E-state index in [4.69, 9.17) is 0 Å². The number of rotatable bonds is 3. The minimum Gasteiger partial charge on any atom is -0.292 e. The fraction of sp³-hybridized carbons (Fsp3) is 1.00. The van der Waals surface area contributed by atoms with Crippen LogP contribution in [0.2, 0.25) is 0 Å². The Labute approximate surface area is 62.8 Å². The molecule has 56 valence electrons. The third-order valence-electron chi connectivity index (χ3n) is 1.73. The second-order valence-electron chi connectivity index (χ2n) is 2.59. The summed E-state index contributed by atoms with van der Waals surface area (Å²) in [5, 5.41) is 0.644. The summed E-state index contributed by atoms with van der Waals surface area (Å²) in [5.41, 5.74) is 0. The van der Waals surface area contributed by atoms with Gasteiger partial charge < -0.3 is 0 Å². The lowest BCUT2D eigenvalue weighted by Crippen LogP contribution is -2.32. The zero-order valence-electron chi connectivity index (χ0n) is 7.01. The van der Waals surface area contributed by atoms with Crippen LogP contribution in [0.5, 0.6) is 0 Å². The minimum atomic E-state index is 0.644. The zero-order valence-corrected chi connectivity index (χ0v) is 7.83. The van der Waals surface area contributed by atoms with E-state index >= 15 is 0 Å². The lowest BCUT2D eigenvalue weighted by molar-refractivity contribution is 0.267. The molecule has 0 saturated heterocycles. The zero-order chi connectivity index (χ0) is 7.44. The van der Waals surface area contributed by atoms with Crippen LogP contribution in [0, 0.1) is 0 Å². The molecule has 1 nitrogen and oxygen atoms in total. The Hall–Kier alpha value is 0.310. The first-order chi connectivity index (χ1) is 4.09. The summed E-state index contributed by atoms with van der Waals surface area (Å²) >= 11 is 1.89. The Balaban J connectivity index is 3.58. The van der Waals surface area contributed by atoms with E-state index < -0.39 is 0 Å². The van der Waals surface area contributed by atoms with Crippen molar-refractivity contribution < 1.29 is 0 Å². The van der Waals surface area contributed by atoms with Crippen molar-refractivity contribution in [3.05, 3.63) is 0 Å². The van der Waals surface area contributed by atoms with Crippen molar-refractivity contribution in [3.8, 4) is 0 Å². The molecule has 0 N–H and O–H groups in total. The van der Waals surface area contributed by atoms with Gasteiger partial charge in [-0.05, 0) is 34.1 Å². The predicted molar refractivity (Wildman–Crippen MR) is 45.9 cm³/mol. The maximum absolute atomic E-state index is 2.35. The van der Waals surface area contributed by atoms with Crippen LogP contribution < -0.4 is 0 Å². The molecular weight excluding hydrogens is 130 g/mol. The summed E-state index contributed by atoms with van der Waals surface area (Å²) in [7, 11) is 2.16. The third-order valence-corrected chi connectivity index (χ3v) is 2.74. The van der Waals surface area contributed by atoms with E-state index in [1.54, 1.807) is 0 Å². The second kappa shape index (κ2) is 4.18. The first-order valence-electron chi connectivity index (χ1n) is 3.34. The smallest absolute Gasteiger partial charge is 0.0525 e. The van der Waals surface area contributed by atoms with Crippen LogP contribution in [-0.2, 0) is 0 Å². The first-order valence-corrected chi connectivity index (χ1v) is 4.63. The van der Waals surface area contributed by atoms with E-state index in [0.717, 1.165) is 0 Å². The molecule has 0 saturated carbocycles. The Morgan fingerprint density at radius 3 is 1.78 bits per heavy atom. The van der Waals surface area contributed by atoms with Gasteiger partial charge in [0.1, 0.15) is 0 Å². The number of nitrogens with zero attached hydrogens (tertiary/aromatic N) is 1. The molecule has 1 unspecified atom stereocenters. The highest BCUT2D eigenvalue weighted by atomic mass is 32.2. The van der Waals surface area contributed by atoms with Gasteiger partial charge in [-0.1, -0.05) is 0 Å². The molecule has 0 heterocycles. The van der Waals surface area contributed by atoms with E-state index in [1.165, 1.54) is 0 Å². The Morgan fingerprint density at radius 1 is 1.22 bits per heavy atom. The molecule has 2 heteroatoms. The van der Waals surface area contributed by atoms with Crippen molar-refractivity contribution in [2.75, 3.05) is 13.3 Å². The van der Waals surface area contributed by atoms with Crippen molar-refractivity contribution in [1.82, 2.24) is 4.90 Å². The summed E-state index contributed by atoms with van der Waals surface area (Å²) in [6.07, 6.45) is 2.14. The monoisotopic (exact) mass is 147 g/mol. The van der Waals surface area contributed by atoms with E-state index in [0.29, 0.717) is 11.4 Å². The maximum atomic E-state index is 2.35. The first kappa shape index (κ1) is 9.31. The number of thioether (sulfide) groups is 1. The highest BCUT2D eigenvalue weighted by Gasteiger charge is 2.08. The Bertz CT molecular complexity index is 73.3. The third kappa shape index (κ3) is 3.11. The Morgan fingerprint density at radius 2 is 1.67 bits per heavy atom. The van der Waals surface area contributed by atoms with Crippen LogP contribution in [0.15, 0.2) is 0 Å². The van der Waals surface area contributed by atoms with Crippen molar-refractivity contribution in [2.45, 2.75) is 32.2 Å². The molecule has 9 heavy (non-hydrogen) atoms. The van der Waals surface area contributed by atoms with Crippen molar-refractivity contribution in [1.29, 1.82) is 0 Å². The Kier molecular flexibility index (Phi) is 4.32. The summed E-state index contributed by atoms with van der Waals surface area (Å²) in [4.78, 5) is 2.35. The molecule has 0 aliphatic heterocycles. The van der Waals surface area contributed by atoms with Crippen molar-refractivity contribution >= 4 is 11.8 Å². The van der Waals surface area contributed by atoms with E-state index in [-0.39, 0.29) is 0 Å². The standard InChI is InChI=1S/C7H17NS/c1-6(2)8(4)7(3)9-5/h6-7H,1-5H3. The fourth-order valence-corrected chi connectivity index (χ4v) is 1.16. The quantitative estimate of drug-likeness (QED) is 0.562. The van der Waals surface area contributed by atoms with E-state index in [9.17, 15) is 0 Å². The molecule has 0 fully saturated rings. The molecule has 0 rings (SSSR count). The SMILES string of the molecule is CSC(C)N(C)C(C)C. The van der Waals surface area contributed by atoms with Gasteiger partial charge in [0.25, 0.3) is 0 Å². The van der Waals surface area contributed by atoms with Crippen LogP contribution in [0.1, 0.15) is 20.8 Å². The fourth-order valence-electron chi connectivity index (χ4n) is 0.586. The molecular formula is C7H17NS. The molecule has 0 aliphatic rings. The lowest BCUT2D eigenvalue weighted by atomic mass is 10.3. The molecule has 0 amide bonds. The normalized spacial score (nSPS) is 15.0. The van der Waals surface area contributed by atoms with Crippen molar-refractivity contribution in [3.63, 3.8) is 0 Å². The van der Waals surface area contributed by atoms with Crippen LogP contribution in [0.4, 0.5) is 0 Å². The molecule has 0 bridgehead atoms. The average Bonchev–Trinajstić information content (AvgIpc) is 1.84. The highest BCUT2D eigenvalue weighted by Crippen LogP contribution is 2.11. The number of hydrogen-bond acceptors (Lipinski definition) is 2. The molecule has 0 aromatic heterocycles. The maximum Gasteiger partial charge on any atom is 0.0525 e. The van der Waals surface area contributed by atoms with Crippen LogP contribution in [-0.4, -0.2) is 29.6 Å². The second-order valence-corrected chi connectivity index (χ2v) is 3.75. The summed E-state index contributed by atoms with van der Waals surface area (Å²) in [6.45, 7) is 6.66. The van der Waals surface area contributed by atoms with E-state index in [2.05, 4.69) is 39.0 Å². The molecule has 0 aromatic rings. The van der Waals surface area contributed by atoms with Gasteiger partial charge in [-0.25, -0.2) is 0 Å². The highest BCUT2D eigenvalue weighted by molar-refractivity contribution is 7.99. The van der Waals surface area contributed by atoms with Gasteiger partial charge >= 0.3 is 0 Å². The lowest BCUT2D eigenvalue weighted by Gasteiger charge is -2.26. The molecule has 0 spiro atoms. The molecule has 0 radical (unpaired) electrons. The van der Waals surface area contributed by atoms with Gasteiger partial charge in [0, 0.05) is 6.04 Å². The van der Waals surface area contributed by atoms with Gasteiger partial charge in [0.2, 0.25) is 0 Å². The number of hydrogen-bond donors (Lipinski definition) is 0. The largest absolute Gasteiger partial charge is 0.292 e. The predicted octanol–water partition coefficient (Wildman–Crippen LogP) is 2.04. The van der Waals surface area contributed by atoms with Crippen LogP contribution in [0.25, 0.3) is 0 Å². The van der Waals surface area contributed by atoms with Gasteiger partial charge in [0.15, 0.2) is 0 Å². The summed E-state index contributed by atoms with van der Waals surface area (Å²) in [5.74, 6) is 0. The van der Waals surface area contributed by atoms with Gasteiger partial charge in [-0.3, -0.25) is 4.90 Å². The van der Waals surface area contributed by atoms with Gasteiger partial charge in [-0.15, -0.1) is 11.8 Å². The topological polar surface area (TPSA) is 3.24 Å². The molecule has 0 aliphatic carbocycles. The van der Waals surface area contributed by atoms with Crippen LogP contribution >= 0.6 is 11.8 Å².